The average molecular weight is 356 g/mol. The van der Waals surface area contributed by atoms with Crippen molar-refractivity contribution in [3.05, 3.63) is 69.4 Å². The summed E-state index contributed by atoms with van der Waals surface area (Å²) in [5.41, 5.74) is 3.06. The van der Waals surface area contributed by atoms with Crippen LogP contribution in [0.25, 0.3) is 0 Å². The van der Waals surface area contributed by atoms with Crippen molar-refractivity contribution < 1.29 is 4.39 Å². The van der Waals surface area contributed by atoms with Crippen molar-refractivity contribution in [3.8, 4) is 0 Å². The molecule has 0 aliphatic carbocycles. The van der Waals surface area contributed by atoms with Crippen LogP contribution in [0.15, 0.2) is 46.9 Å². The van der Waals surface area contributed by atoms with Gasteiger partial charge in [-0.25, -0.2) is 4.39 Å². The molecule has 0 nitrogen and oxygen atoms in total. The number of hydrogen-bond donors (Lipinski definition) is 0. The highest BCUT2D eigenvalue weighted by atomic mass is 79.9. The van der Waals surface area contributed by atoms with Gasteiger partial charge in [0.25, 0.3) is 0 Å². The molecule has 0 bridgehead atoms. The lowest BCUT2D eigenvalue weighted by Crippen LogP contribution is -1.96. The van der Waals surface area contributed by atoms with Crippen LogP contribution in [0.3, 0.4) is 0 Å². The molecular weight excluding hydrogens is 339 g/mol. The van der Waals surface area contributed by atoms with Gasteiger partial charge in [0.2, 0.25) is 0 Å². The fourth-order valence-electron chi connectivity index (χ4n) is 2.09. The zero-order chi connectivity index (χ0) is 14.7. The van der Waals surface area contributed by atoms with E-state index in [1.54, 1.807) is 6.07 Å². The first-order valence-electron chi connectivity index (χ1n) is 6.71. The van der Waals surface area contributed by atoms with Crippen molar-refractivity contribution in [3.63, 3.8) is 0 Å². The third-order valence-electron chi connectivity index (χ3n) is 3.65. The molecule has 2 aromatic rings. The lowest BCUT2D eigenvalue weighted by Gasteiger charge is -2.14. The van der Waals surface area contributed by atoms with Gasteiger partial charge in [-0.05, 0) is 57.1 Å². The maximum Gasteiger partial charge on any atom is 0.137 e. The summed E-state index contributed by atoms with van der Waals surface area (Å²) in [6.45, 7) is 4.38. The van der Waals surface area contributed by atoms with Crippen LogP contribution in [-0.2, 0) is 0 Å². The predicted octanol–water partition coefficient (Wildman–Crippen LogP) is 6.43. The molecule has 0 saturated carbocycles. The van der Waals surface area contributed by atoms with Crippen LogP contribution in [0.5, 0.6) is 0 Å². The molecule has 0 fully saturated rings. The normalized spacial score (nSPS) is 14.1. The van der Waals surface area contributed by atoms with E-state index in [0.29, 0.717) is 10.4 Å². The largest absolute Gasteiger partial charge is 0.206 e. The number of benzene rings is 2. The van der Waals surface area contributed by atoms with E-state index in [-0.39, 0.29) is 11.2 Å². The molecule has 2 rings (SSSR count). The van der Waals surface area contributed by atoms with Crippen LogP contribution in [0.2, 0.25) is 0 Å². The summed E-state index contributed by atoms with van der Waals surface area (Å²) in [4.78, 5) is 0. The summed E-state index contributed by atoms with van der Waals surface area (Å²) in [6, 6.07) is 13.3. The van der Waals surface area contributed by atoms with Gasteiger partial charge < -0.3 is 0 Å². The minimum absolute atomic E-state index is 0.288. The van der Waals surface area contributed by atoms with Gasteiger partial charge in [0.05, 0.1) is 9.85 Å². The van der Waals surface area contributed by atoms with E-state index in [1.165, 1.54) is 11.6 Å². The number of halogens is 3. The van der Waals surface area contributed by atoms with Gasteiger partial charge in [-0.15, -0.1) is 11.6 Å². The van der Waals surface area contributed by atoms with Crippen LogP contribution < -0.4 is 0 Å². The molecule has 0 N–H and O–H groups in total. The molecule has 0 amide bonds. The minimum atomic E-state index is -0.330. The molecule has 0 aliphatic heterocycles. The molecule has 0 saturated heterocycles. The third kappa shape index (κ3) is 3.42. The fourth-order valence-corrected chi connectivity index (χ4v) is 2.62. The summed E-state index contributed by atoms with van der Waals surface area (Å²) in [5, 5.41) is -0.330. The lowest BCUT2D eigenvalue weighted by molar-refractivity contribution is 0.619. The highest BCUT2D eigenvalue weighted by Gasteiger charge is 2.13. The topological polar surface area (TPSA) is 0 Å². The Kier molecular flexibility index (Phi) is 5.22. The summed E-state index contributed by atoms with van der Waals surface area (Å²) < 4.78 is 14.0. The Morgan fingerprint density at radius 2 is 1.60 bits per heavy atom. The minimum Gasteiger partial charge on any atom is -0.206 e. The second-order valence-corrected chi connectivity index (χ2v) is 6.30. The van der Waals surface area contributed by atoms with Crippen molar-refractivity contribution in [1.82, 2.24) is 0 Å². The Morgan fingerprint density at radius 3 is 2.15 bits per heavy atom. The van der Waals surface area contributed by atoms with Crippen LogP contribution in [0.1, 0.15) is 48.3 Å². The van der Waals surface area contributed by atoms with E-state index in [1.807, 2.05) is 18.2 Å². The van der Waals surface area contributed by atoms with Gasteiger partial charge >= 0.3 is 0 Å². The summed E-state index contributed by atoms with van der Waals surface area (Å²) in [5.74, 6) is 0.257. The molecule has 2 atom stereocenters. The molecule has 0 spiro atoms. The quantitative estimate of drug-likeness (QED) is 0.554. The van der Waals surface area contributed by atoms with Crippen molar-refractivity contribution in [2.24, 2.45) is 0 Å². The number of rotatable bonds is 4. The first kappa shape index (κ1) is 15.5. The van der Waals surface area contributed by atoms with Crippen molar-refractivity contribution >= 4 is 27.5 Å². The molecule has 0 aromatic heterocycles. The molecule has 2 aromatic carbocycles. The Hall–Kier alpha value is -0.860. The highest BCUT2D eigenvalue weighted by Crippen LogP contribution is 2.31. The lowest BCUT2D eigenvalue weighted by atomic mass is 9.96. The molecule has 2 unspecified atom stereocenters. The van der Waals surface area contributed by atoms with Gasteiger partial charge in [-0.1, -0.05) is 44.2 Å². The summed E-state index contributed by atoms with van der Waals surface area (Å²) >= 11 is 9.59. The van der Waals surface area contributed by atoms with E-state index < -0.39 is 0 Å². The molecule has 0 heterocycles. The first-order valence-corrected chi connectivity index (χ1v) is 7.94. The SMILES string of the molecule is CCC(C)c1ccc(C(Cl)c2ccc(Br)c(F)c2)cc1. The summed E-state index contributed by atoms with van der Waals surface area (Å²) in [7, 11) is 0. The maximum atomic E-state index is 13.6. The first-order chi connectivity index (χ1) is 9.52. The summed E-state index contributed by atoms with van der Waals surface area (Å²) in [6.07, 6.45) is 1.11. The zero-order valence-electron chi connectivity index (χ0n) is 11.5. The van der Waals surface area contributed by atoms with Gasteiger partial charge in [0.15, 0.2) is 0 Å². The average Bonchev–Trinajstić information content (AvgIpc) is 2.48. The maximum absolute atomic E-state index is 13.6. The Balaban J connectivity index is 2.24. The second kappa shape index (κ2) is 6.73. The van der Waals surface area contributed by atoms with E-state index >= 15 is 0 Å². The third-order valence-corrected chi connectivity index (χ3v) is 4.79. The standard InChI is InChI=1S/C17H17BrClF/c1-3-11(2)12-4-6-13(7-5-12)17(19)14-8-9-15(18)16(20)10-14/h4-11,17H,3H2,1-2H3. The smallest absolute Gasteiger partial charge is 0.137 e. The van der Waals surface area contributed by atoms with E-state index in [4.69, 9.17) is 11.6 Å². The molecule has 0 radical (unpaired) electrons. The monoisotopic (exact) mass is 354 g/mol. The van der Waals surface area contributed by atoms with E-state index in [9.17, 15) is 4.39 Å². The predicted molar refractivity (Wildman–Crippen MR) is 86.9 cm³/mol. The second-order valence-electron chi connectivity index (χ2n) is 5.01. The fraction of sp³-hybridized carbons (Fsp3) is 0.294. The van der Waals surface area contributed by atoms with Crippen molar-refractivity contribution in [2.45, 2.75) is 31.6 Å². The molecule has 20 heavy (non-hydrogen) atoms. The molecular formula is C17H17BrClF. The van der Waals surface area contributed by atoms with Crippen LogP contribution in [0, 0.1) is 5.82 Å². The Morgan fingerprint density at radius 1 is 1.05 bits per heavy atom. The van der Waals surface area contributed by atoms with Crippen LogP contribution >= 0.6 is 27.5 Å². The molecule has 3 heteroatoms. The van der Waals surface area contributed by atoms with Crippen LogP contribution in [-0.4, -0.2) is 0 Å². The van der Waals surface area contributed by atoms with Gasteiger partial charge in [0.1, 0.15) is 5.82 Å². The highest BCUT2D eigenvalue weighted by molar-refractivity contribution is 9.10. The Bertz CT molecular complexity index is 580. The van der Waals surface area contributed by atoms with Gasteiger partial charge in [-0.3, -0.25) is 0 Å². The Labute approximate surface area is 133 Å². The van der Waals surface area contributed by atoms with Crippen molar-refractivity contribution in [1.29, 1.82) is 0 Å². The van der Waals surface area contributed by atoms with E-state index in [0.717, 1.165) is 17.5 Å². The molecule has 106 valence electrons. The zero-order valence-corrected chi connectivity index (χ0v) is 13.9. The number of hydrogen-bond acceptors (Lipinski definition) is 0. The van der Waals surface area contributed by atoms with Gasteiger partial charge in [-0.2, -0.15) is 0 Å². The van der Waals surface area contributed by atoms with Gasteiger partial charge in [0, 0.05) is 0 Å². The number of alkyl halides is 1. The van der Waals surface area contributed by atoms with E-state index in [2.05, 4.69) is 41.9 Å². The van der Waals surface area contributed by atoms with Crippen molar-refractivity contribution in [2.75, 3.05) is 0 Å². The molecule has 0 aliphatic rings. The van der Waals surface area contributed by atoms with Crippen LogP contribution in [0.4, 0.5) is 4.39 Å².